The predicted octanol–water partition coefficient (Wildman–Crippen LogP) is 0.995. The lowest BCUT2D eigenvalue weighted by Gasteiger charge is -1.98. The van der Waals surface area contributed by atoms with E-state index in [1.54, 1.807) is 13.1 Å². The molecule has 0 bridgehead atoms. The normalized spacial score (nSPS) is 15.1. The van der Waals surface area contributed by atoms with Crippen molar-refractivity contribution in [2.24, 2.45) is 13.0 Å². The second-order valence-corrected chi connectivity index (χ2v) is 3.74. The topological polar surface area (TPSA) is 53.4 Å². The first kappa shape index (κ1) is 10.0. The summed E-state index contributed by atoms with van der Waals surface area (Å²) in [4.78, 5) is 11.3. The Kier molecular flexibility index (Phi) is 2.62. The zero-order valence-corrected chi connectivity index (χ0v) is 8.90. The van der Waals surface area contributed by atoms with Crippen molar-refractivity contribution < 1.29 is 14.3 Å². The van der Waals surface area contributed by atoms with E-state index in [0.717, 1.165) is 0 Å². The Morgan fingerprint density at radius 3 is 3.00 bits per heavy atom. The number of methoxy groups -OCH3 is 1. The summed E-state index contributed by atoms with van der Waals surface area (Å²) in [6.07, 6.45) is 2.47. The number of hydrogen-bond acceptors (Lipinski definition) is 4. The molecule has 0 aromatic carbocycles. The standard InChI is InChI=1S/C10H14N2O3/c1-12-8(10(13)14-2)5-9(11-12)15-6-7-3-4-7/h5,7H,3-4,6H2,1-2H3. The summed E-state index contributed by atoms with van der Waals surface area (Å²) >= 11 is 0. The van der Waals surface area contributed by atoms with Crippen LogP contribution in [-0.2, 0) is 11.8 Å². The summed E-state index contributed by atoms with van der Waals surface area (Å²) in [5, 5.41) is 4.07. The van der Waals surface area contributed by atoms with Crippen molar-refractivity contribution in [2.75, 3.05) is 13.7 Å². The SMILES string of the molecule is COC(=O)c1cc(OCC2CC2)nn1C. The summed E-state index contributed by atoms with van der Waals surface area (Å²) < 4.78 is 11.5. The third kappa shape index (κ3) is 2.29. The molecule has 0 radical (unpaired) electrons. The molecule has 0 spiro atoms. The van der Waals surface area contributed by atoms with Crippen molar-refractivity contribution in [3.8, 4) is 5.88 Å². The van der Waals surface area contributed by atoms with Crippen molar-refractivity contribution in [3.05, 3.63) is 11.8 Å². The molecule has 2 rings (SSSR count). The highest BCUT2D eigenvalue weighted by Gasteiger charge is 2.23. The Balaban J connectivity index is 2.02. The molecule has 1 aliphatic carbocycles. The van der Waals surface area contributed by atoms with Crippen LogP contribution >= 0.6 is 0 Å². The quantitative estimate of drug-likeness (QED) is 0.695. The van der Waals surface area contributed by atoms with Gasteiger partial charge in [0.05, 0.1) is 13.7 Å². The van der Waals surface area contributed by atoms with Crippen LogP contribution < -0.4 is 4.74 Å². The Labute approximate surface area is 88.0 Å². The smallest absolute Gasteiger partial charge is 0.356 e. The van der Waals surface area contributed by atoms with Crippen LogP contribution in [0.25, 0.3) is 0 Å². The van der Waals surface area contributed by atoms with E-state index in [4.69, 9.17) is 4.74 Å². The molecule has 1 aromatic rings. The molecule has 0 saturated heterocycles. The van der Waals surface area contributed by atoms with E-state index >= 15 is 0 Å². The van der Waals surface area contributed by atoms with Gasteiger partial charge in [0.25, 0.3) is 0 Å². The molecule has 0 atom stereocenters. The number of ether oxygens (including phenoxy) is 2. The van der Waals surface area contributed by atoms with Gasteiger partial charge in [-0.3, -0.25) is 4.68 Å². The molecule has 1 aromatic heterocycles. The van der Waals surface area contributed by atoms with Gasteiger partial charge in [0, 0.05) is 13.1 Å². The fraction of sp³-hybridized carbons (Fsp3) is 0.600. The summed E-state index contributed by atoms with van der Waals surface area (Å²) in [6, 6.07) is 1.61. The van der Waals surface area contributed by atoms with E-state index in [9.17, 15) is 4.79 Å². The molecule has 15 heavy (non-hydrogen) atoms. The molecular formula is C10H14N2O3. The lowest BCUT2D eigenvalue weighted by molar-refractivity contribution is 0.0588. The average molecular weight is 210 g/mol. The van der Waals surface area contributed by atoms with Crippen LogP contribution in [0.4, 0.5) is 0 Å². The van der Waals surface area contributed by atoms with E-state index < -0.39 is 5.97 Å². The molecule has 5 heteroatoms. The minimum atomic E-state index is -0.397. The third-order valence-corrected chi connectivity index (χ3v) is 2.42. The Bertz CT molecular complexity index is 369. The van der Waals surface area contributed by atoms with Gasteiger partial charge in [0.1, 0.15) is 5.69 Å². The highest BCUT2D eigenvalue weighted by atomic mass is 16.5. The maximum Gasteiger partial charge on any atom is 0.356 e. The van der Waals surface area contributed by atoms with E-state index in [0.29, 0.717) is 24.1 Å². The first-order valence-electron chi connectivity index (χ1n) is 4.96. The van der Waals surface area contributed by atoms with Crippen molar-refractivity contribution in [1.29, 1.82) is 0 Å². The molecule has 5 nitrogen and oxygen atoms in total. The number of rotatable bonds is 4. The zero-order chi connectivity index (χ0) is 10.8. The van der Waals surface area contributed by atoms with E-state index in [1.807, 2.05) is 0 Å². The number of hydrogen-bond donors (Lipinski definition) is 0. The van der Waals surface area contributed by atoms with E-state index in [2.05, 4.69) is 9.84 Å². The molecule has 0 N–H and O–H groups in total. The molecule has 0 amide bonds. The van der Waals surface area contributed by atoms with Crippen molar-refractivity contribution in [2.45, 2.75) is 12.8 Å². The lowest BCUT2D eigenvalue weighted by atomic mass is 10.4. The molecular weight excluding hydrogens is 196 g/mol. The van der Waals surface area contributed by atoms with Crippen LogP contribution in [0, 0.1) is 5.92 Å². The molecule has 0 aliphatic heterocycles. The number of carbonyl (C=O) groups is 1. The lowest BCUT2D eigenvalue weighted by Crippen LogP contribution is -2.07. The van der Waals surface area contributed by atoms with Gasteiger partial charge >= 0.3 is 5.97 Å². The number of aryl methyl sites for hydroxylation is 1. The van der Waals surface area contributed by atoms with Crippen LogP contribution in [-0.4, -0.2) is 29.5 Å². The molecule has 1 aliphatic rings. The van der Waals surface area contributed by atoms with Gasteiger partial charge in [0.15, 0.2) is 0 Å². The highest BCUT2D eigenvalue weighted by Crippen LogP contribution is 2.29. The maximum absolute atomic E-state index is 11.3. The van der Waals surface area contributed by atoms with Gasteiger partial charge in [-0.05, 0) is 18.8 Å². The van der Waals surface area contributed by atoms with Gasteiger partial charge in [-0.15, -0.1) is 5.10 Å². The largest absolute Gasteiger partial charge is 0.476 e. The van der Waals surface area contributed by atoms with Crippen LogP contribution in [0.3, 0.4) is 0 Å². The maximum atomic E-state index is 11.3. The van der Waals surface area contributed by atoms with Crippen LogP contribution in [0.5, 0.6) is 5.88 Å². The Morgan fingerprint density at radius 1 is 1.67 bits per heavy atom. The fourth-order valence-corrected chi connectivity index (χ4v) is 1.29. The predicted molar refractivity (Wildman–Crippen MR) is 52.8 cm³/mol. The summed E-state index contributed by atoms with van der Waals surface area (Å²) in [5.41, 5.74) is 0.406. The average Bonchev–Trinajstić information content (AvgIpc) is 2.98. The first-order valence-corrected chi connectivity index (χ1v) is 4.96. The Hall–Kier alpha value is -1.52. The Morgan fingerprint density at radius 2 is 2.40 bits per heavy atom. The number of carbonyl (C=O) groups excluding carboxylic acids is 1. The minimum absolute atomic E-state index is 0.397. The number of aromatic nitrogens is 2. The highest BCUT2D eigenvalue weighted by molar-refractivity contribution is 5.87. The van der Waals surface area contributed by atoms with Crippen LogP contribution in [0.15, 0.2) is 6.07 Å². The van der Waals surface area contributed by atoms with Gasteiger partial charge in [0.2, 0.25) is 5.88 Å². The third-order valence-electron chi connectivity index (χ3n) is 2.42. The molecule has 1 heterocycles. The van der Waals surface area contributed by atoms with E-state index in [1.165, 1.54) is 24.6 Å². The van der Waals surface area contributed by atoms with E-state index in [-0.39, 0.29) is 0 Å². The number of esters is 1. The van der Waals surface area contributed by atoms with Gasteiger partial charge in [-0.1, -0.05) is 0 Å². The minimum Gasteiger partial charge on any atom is -0.476 e. The summed E-state index contributed by atoms with van der Waals surface area (Å²) in [6.45, 7) is 0.692. The molecule has 82 valence electrons. The number of nitrogens with zero attached hydrogens (tertiary/aromatic N) is 2. The monoisotopic (exact) mass is 210 g/mol. The second kappa shape index (κ2) is 3.92. The van der Waals surface area contributed by atoms with Gasteiger partial charge in [-0.25, -0.2) is 4.79 Å². The van der Waals surface area contributed by atoms with Gasteiger partial charge < -0.3 is 9.47 Å². The second-order valence-electron chi connectivity index (χ2n) is 3.74. The molecule has 1 fully saturated rings. The molecule has 0 unspecified atom stereocenters. The van der Waals surface area contributed by atoms with Gasteiger partial charge in [-0.2, -0.15) is 0 Å². The molecule has 1 saturated carbocycles. The van der Waals surface area contributed by atoms with Crippen molar-refractivity contribution in [3.63, 3.8) is 0 Å². The zero-order valence-electron chi connectivity index (χ0n) is 8.90. The summed E-state index contributed by atoms with van der Waals surface area (Å²) in [7, 11) is 3.04. The van der Waals surface area contributed by atoms with Crippen LogP contribution in [0.2, 0.25) is 0 Å². The van der Waals surface area contributed by atoms with Crippen molar-refractivity contribution in [1.82, 2.24) is 9.78 Å². The van der Waals surface area contributed by atoms with Crippen molar-refractivity contribution >= 4 is 5.97 Å². The first-order chi connectivity index (χ1) is 7.20. The van der Waals surface area contributed by atoms with Crippen LogP contribution in [0.1, 0.15) is 23.3 Å². The summed E-state index contributed by atoms with van der Waals surface area (Å²) in [5.74, 6) is 0.768. The fourth-order valence-electron chi connectivity index (χ4n) is 1.29.